The van der Waals surface area contributed by atoms with Crippen molar-refractivity contribution in [1.29, 1.82) is 0 Å². The summed E-state index contributed by atoms with van der Waals surface area (Å²) in [7, 11) is 1.72. The Morgan fingerprint density at radius 3 is 3.00 bits per heavy atom. The molecule has 0 radical (unpaired) electrons. The zero-order valence-corrected chi connectivity index (χ0v) is 13.0. The number of anilines is 1. The van der Waals surface area contributed by atoms with Crippen LogP contribution in [0.1, 0.15) is 0 Å². The number of nitrogens with zero attached hydrogens (tertiary/aromatic N) is 3. The van der Waals surface area contributed by atoms with Crippen LogP contribution >= 0.6 is 0 Å². The molecule has 0 saturated carbocycles. The molecule has 2 heterocycles. The highest BCUT2D eigenvalue weighted by molar-refractivity contribution is 5.88. The highest BCUT2D eigenvalue weighted by Gasteiger charge is 2.16. The summed E-state index contributed by atoms with van der Waals surface area (Å²) >= 11 is 0. The third kappa shape index (κ3) is 3.72. The first-order valence-corrected chi connectivity index (χ1v) is 7.51. The van der Waals surface area contributed by atoms with E-state index in [1.165, 1.54) is 0 Å². The summed E-state index contributed by atoms with van der Waals surface area (Å²) in [6.07, 6.45) is -0.412. The molecule has 1 aliphatic heterocycles. The van der Waals surface area contributed by atoms with Gasteiger partial charge in [0.25, 0.3) is 0 Å². The zero-order valence-electron chi connectivity index (χ0n) is 13.0. The van der Waals surface area contributed by atoms with Gasteiger partial charge in [-0.05, 0) is 12.1 Å². The van der Waals surface area contributed by atoms with Crippen LogP contribution in [0, 0.1) is 0 Å². The molecule has 3 rings (SSSR count). The molecule has 0 unspecified atom stereocenters. The molecule has 0 aliphatic carbocycles. The third-order valence-corrected chi connectivity index (χ3v) is 3.84. The van der Waals surface area contributed by atoms with E-state index < -0.39 is 6.09 Å². The lowest BCUT2D eigenvalue weighted by atomic mass is 10.2. The minimum Gasteiger partial charge on any atom is -0.410 e. The van der Waals surface area contributed by atoms with Crippen LogP contribution in [0.4, 0.5) is 10.6 Å². The summed E-state index contributed by atoms with van der Waals surface area (Å²) in [6, 6.07) is 4.99. The number of hydrogen-bond acceptors (Lipinski definition) is 7. The Kier molecular flexibility index (Phi) is 4.63. The van der Waals surface area contributed by atoms with Gasteiger partial charge in [0.15, 0.2) is 11.4 Å². The molecule has 2 N–H and O–H groups in total. The number of nitrogen functional groups attached to an aromatic ring is 1. The van der Waals surface area contributed by atoms with Crippen molar-refractivity contribution in [3.05, 3.63) is 18.2 Å². The van der Waals surface area contributed by atoms with Crippen molar-refractivity contribution in [2.75, 3.05) is 52.2 Å². The Balaban J connectivity index is 1.54. The van der Waals surface area contributed by atoms with Crippen LogP contribution in [0.5, 0.6) is 5.75 Å². The van der Waals surface area contributed by atoms with E-state index in [0.717, 1.165) is 32.8 Å². The third-order valence-electron chi connectivity index (χ3n) is 3.84. The molecule has 8 heteroatoms. The number of ether oxygens (including phenoxy) is 2. The number of carbonyl (C=O) groups is 1. The second-order valence-corrected chi connectivity index (χ2v) is 5.47. The molecule has 124 valence electrons. The normalized spacial score (nSPS) is 15.7. The van der Waals surface area contributed by atoms with Gasteiger partial charge in [0.1, 0.15) is 5.75 Å². The number of aromatic nitrogens is 1. The number of rotatable bonds is 4. The Bertz CT molecular complexity index is 681. The maximum absolute atomic E-state index is 12.1. The molecule has 1 amide bonds. The van der Waals surface area contributed by atoms with Crippen molar-refractivity contribution >= 4 is 22.9 Å². The molecule has 1 aromatic carbocycles. The topological polar surface area (TPSA) is 94.1 Å². The molecule has 8 nitrogen and oxygen atoms in total. The van der Waals surface area contributed by atoms with Crippen LogP contribution < -0.4 is 10.5 Å². The lowest BCUT2D eigenvalue weighted by Gasteiger charge is -2.28. The van der Waals surface area contributed by atoms with Crippen molar-refractivity contribution in [2.24, 2.45) is 0 Å². The number of benzene rings is 1. The standard InChI is InChI=1S/C15H20N4O4/c1-18(4-5-19-6-8-21-9-7-19)15(20)22-11-2-3-12-13(10-11)23-17-14(12)16/h2-3,10H,4-9H2,1H3,(H2,16,17). The second kappa shape index (κ2) is 6.84. The minimum absolute atomic E-state index is 0.320. The molecular formula is C15H20N4O4. The van der Waals surface area contributed by atoms with Gasteiger partial charge in [-0.15, -0.1) is 0 Å². The number of likely N-dealkylation sites (N-methyl/N-ethyl adjacent to an activating group) is 1. The lowest BCUT2D eigenvalue weighted by molar-refractivity contribution is 0.0349. The van der Waals surface area contributed by atoms with Gasteiger partial charge in [-0.3, -0.25) is 4.90 Å². The molecule has 23 heavy (non-hydrogen) atoms. The largest absolute Gasteiger partial charge is 0.415 e. The summed E-state index contributed by atoms with van der Waals surface area (Å²) in [5.41, 5.74) is 6.14. The van der Waals surface area contributed by atoms with Gasteiger partial charge in [-0.2, -0.15) is 0 Å². The number of hydrogen-bond donors (Lipinski definition) is 1. The number of nitrogens with two attached hydrogens (primary N) is 1. The first-order chi connectivity index (χ1) is 11.1. The fraction of sp³-hybridized carbons (Fsp3) is 0.467. The summed E-state index contributed by atoms with van der Waals surface area (Å²) in [5.74, 6) is 0.720. The molecule has 1 aliphatic rings. The number of carbonyl (C=O) groups excluding carboxylic acids is 1. The molecule has 1 saturated heterocycles. The fourth-order valence-electron chi connectivity index (χ4n) is 2.39. The maximum atomic E-state index is 12.1. The summed E-state index contributed by atoms with van der Waals surface area (Å²) < 4.78 is 15.7. The highest BCUT2D eigenvalue weighted by atomic mass is 16.6. The van der Waals surface area contributed by atoms with Crippen LogP contribution in [0.15, 0.2) is 22.7 Å². The monoisotopic (exact) mass is 320 g/mol. The molecule has 2 aromatic rings. The van der Waals surface area contributed by atoms with Gasteiger partial charge in [0.2, 0.25) is 0 Å². The Morgan fingerprint density at radius 1 is 1.43 bits per heavy atom. The number of fused-ring (bicyclic) bond motifs is 1. The first kappa shape index (κ1) is 15.6. The van der Waals surface area contributed by atoms with Gasteiger partial charge >= 0.3 is 6.09 Å². The van der Waals surface area contributed by atoms with E-state index in [1.54, 1.807) is 30.1 Å². The van der Waals surface area contributed by atoms with Crippen molar-refractivity contribution < 1.29 is 18.8 Å². The van der Waals surface area contributed by atoms with Crippen LogP contribution in [0.2, 0.25) is 0 Å². The van der Waals surface area contributed by atoms with Crippen LogP contribution in [0.25, 0.3) is 11.0 Å². The summed E-state index contributed by atoms with van der Waals surface area (Å²) in [5, 5.41) is 4.37. The molecule has 1 aromatic heterocycles. The van der Waals surface area contributed by atoms with Crippen LogP contribution in [-0.4, -0.2) is 67.5 Å². The zero-order chi connectivity index (χ0) is 16.2. The first-order valence-electron chi connectivity index (χ1n) is 7.51. The summed E-state index contributed by atoms with van der Waals surface area (Å²) in [6.45, 7) is 4.67. The molecule has 0 bridgehead atoms. The number of morpholine rings is 1. The lowest BCUT2D eigenvalue weighted by Crippen LogP contribution is -2.42. The minimum atomic E-state index is -0.412. The molecule has 0 atom stereocenters. The predicted molar refractivity (Wildman–Crippen MR) is 84.3 cm³/mol. The Labute approximate surface area is 133 Å². The van der Waals surface area contributed by atoms with Gasteiger partial charge in [0, 0.05) is 39.3 Å². The van der Waals surface area contributed by atoms with E-state index in [1.807, 2.05) is 0 Å². The van der Waals surface area contributed by atoms with E-state index in [2.05, 4.69) is 10.1 Å². The van der Waals surface area contributed by atoms with Gasteiger partial charge in [0.05, 0.1) is 18.6 Å². The van der Waals surface area contributed by atoms with E-state index >= 15 is 0 Å². The van der Waals surface area contributed by atoms with Crippen molar-refractivity contribution in [1.82, 2.24) is 15.0 Å². The van der Waals surface area contributed by atoms with Crippen molar-refractivity contribution in [3.63, 3.8) is 0 Å². The van der Waals surface area contributed by atoms with Gasteiger partial charge in [-0.25, -0.2) is 4.79 Å². The van der Waals surface area contributed by atoms with Crippen LogP contribution in [0.3, 0.4) is 0 Å². The Morgan fingerprint density at radius 2 is 2.22 bits per heavy atom. The second-order valence-electron chi connectivity index (χ2n) is 5.47. The van der Waals surface area contributed by atoms with E-state index in [9.17, 15) is 4.79 Å². The van der Waals surface area contributed by atoms with Crippen molar-refractivity contribution in [3.8, 4) is 5.75 Å². The maximum Gasteiger partial charge on any atom is 0.415 e. The Hall–Kier alpha value is -2.32. The smallest absolute Gasteiger partial charge is 0.410 e. The average Bonchev–Trinajstić information content (AvgIpc) is 2.94. The van der Waals surface area contributed by atoms with E-state index in [-0.39, 0.29) is 0 Å². The van der Waals surface area contributed by atoms with Gasteiger partial charge in [-0.1, -0.05) is 5.16 Å². The molecule has 0 spiro atoms. The SMILES string of the molecule is CN(CCN1CCOCC1)C(=O)Oc1ccc2c(N)noc2c1. The average molecular weight is 320 g/mol. The fourth-order valence-corrected chi connectivity index (χ4v) is 2.39. The number of amides is 1. The summed E-state index contributed by atoms with van der Waals surface area (Å²) in [4.78, 5) is 15.9. The molecular weight excluding hydrogens is 300 g/mol. The van der Waals surface area contributed by atoms with E-state index in [0.29, 0.717) is 29.1 Å². The van der Waals surface area contributed by atoms with Crippen molar-refractivity contribution in [2.45, 2.75) is 0 Å². The predicted octanol–water partition coefficient (Wildman–Crippen LogP) is 1.17. The van der Waals surface area contributed by atoms with Crippen LogP contribution in [-0.2, 0) is 4.74 Å². The highest BCUT2D eigenvalue weighted by Crippen LogP contribution is 2.25. The molecule has 1 fully saturated rings. The quantitative estimate of drug-likeness (QED) is 0.903. The van der Waals surface area contributed by atoms with E-state index in [4.69, 9.17) is 19.7 Å². The van der Waals surface area contributed by atoms with Gasteiger partial charge < -0.3 is 24.6 Å².